The van der Waals surface area contributed by atoms with Crippen LogP contribution in [0.15, 0.2) is 6.20 Å². The Morgan fingerprint density at radius 3 is 2.76 bits per heavy atom. The molecule has 1 aromatic heterocycles. The maximum absolute atomic E-state index is 10.8. The molecule has 0 spiro atoms. The van der Waals surface area contributed by atoms with Crippen LogP contribution in [0, 0.1) is 5.92 Å². The lowest BCUT2D eigenvalue weighted by Gasteiger charge is -2.35. The Balaban J connectivity index is 2.28. The van der Waals surface area contributed by atoms with Crippen LogP contribution >= 0.6 is 11.6 Å². The fourth-order valence-electron chi connectivity index (χ4n) is 2.68. The number of aromatic nitrogens is 2. The second-order valence-corrected chi connectivity index (χ2v) is 5.69. The molecule has 0 saturated heterocycles. The summed E-state index contributed by atoms with van der Waals surface area (Å²) >= 11 is 6.20. The van der Waals surface area contributed by atoms with Gasteiger partial charge in [-0.15, -0.1) is 0 Å². The predicted octanol–water partition coefficient (Wildman–Crippen LogP) is 3.34. The average molecular weight is 257 g/mol. The van der Waals surface area contributed by atoms with Crippen LogP contribution in [0.5, 0.6) is 0 Å². The van der Waals surface area contributed by atoms with Gasteiger partial charge in [-0.2, -0.15) is 5.10 Å². The summed E-state index contributed by atoms with van der Waals surface area (Å²) in [5.41, 5.74) is 0.0582. The van der Waals surface area contributed by atoms with Crippen molar-refractivity contribution in [2.24, 2.45) is 5.92 Å². The van der Waals surface area contributed by atoms with Crippen molar-refractivity contribution in [2.45, 2.75) is 58.1 Å². The van der Waals surface area contributed by atoms with E-state index in [1.165, 1.54) is 0 Å². The predicted molar refractivity (Wildman–Crippen MR) is 69.1 cm³/mol. The van der Waals surface area contributed by atoms with Gasteiger partial charge >= 0.3 is 0 Å². The highest BCUT2D eigenvalue weighted by Crippen LogP contribution is 2.41. The summed E-state index contributed by atoms with van der Waals surface area (Å²) in [4.78, 5) is 0. The lowest BCUT2D eigenvalue weighted by molar-refractivity contribution is -0.0196. The van der Waals surface area contributed by atoms with E-state index in [1.807, 2.05) is 4.68 Å². The molecule has 17 heavy (non-hydrogen) atoms. The van der Waals surface area contributed by atoms with Crippen LogP contribution < -0.4 is 0 Å². The van der Waals surface area contributed by atoms with E-state index >= 15 is 0 Å². The maximum atomic E-state index is 10.8. The summed E-state index contributed by atoms with van der Waals surface area (Å²) in [5.74, 6) is 0.705. The first-order valence-corrected chi connectivity index (χ1v) is 6.89. The number of aliphatic hydroxyl groups is 1. The fraction of sp³-hybridized carbons (Fsp3) is 0.769. The van der Waals surface area contributed by atoms with E-state index in [9.17, 15) is 5.11 Å². The van der Waals surface area contributed by atoms with Crippen molar-refractivity contribution in [3.05, 3.63) is 16.9 Å². The van der Waals surface area contributed by atoms with Gasteiger partial charge in [0.1, 0.15) is 5.60 Å². The maximum Gasteiger partial charge on any atom is 0.108 e. The number of aryl methyl sites for hydroxylation is 1. The highest BCUT2D eigenvalue weighted by Gasteiger charge is 2.38. The zero-order valence-electron chi connectivity index (χ0n) is 10.6. The Labute approximate surface area is 108 Å². The average Bonchev–Trinajstić information content (AvgIpc) is 2.66. The van der Waals surface area contributed by atoms with Gasteiger partial charge in [0.15, 0.2) is 0 Å². The SMILES string of the molecule is CCCn1ncc(Cl)c1C1(O)CCC(C)CC1. The number of halogens is 1. The minimum absolute atomic E-state index is 0.607. The van der Waals surface area contributed by atoms with Crippen molar-refractivity contribution in [2.75, 3.05) is 0 Å². The van der Waals surface area contributed by atoms with Crippen molar-refractivity contribution >= 4 is 11.6 Å². The molecule has 1 heterocycles. The second-order valence-electron chi connectivity index (χ2n) is 5.28. The van der Waals surface area contributed by atoms with Crippen LogP contribution in [0.1, 0.15) is 51.6 Å². The van der Waals surface area contributed by atoms with Gasteiger partial charge in [0.2, 0.25) is 0 Å². The third-order valence-corrected chi connectivity index (χ3v) is 4.05. The first kappa shape index (κ1) is 12.9. The molecule has 1 N–H and O–H groups in total. The van der Waals surface area contributed by atoms with Gasteiger partial charge in [-0.25, -0.2) is 0 Å². The molecule has 0 aliphatic heterocycles. The van der Waals surface area contributed by atoms with Crippen LogP contribution in [0.2, 0.25) is 5.02 Å². The van der Waals surface area contributed by atoms with Gasteiger partial charge in [0, 0.05) is 6.54 Å². The van der Waals surface area contributed by atoms with E-state index in [4.69, 9.17) is 11.6 Å². The summed E-state index contributed by atoms with van der Waals surface area (Å²) in [5, 5.41) is 15.7. The molecular formula is C13H21ClN2O. The zero-order valence-corrected chi connectivity index (χ0v) is 11.4. The van der Waals surface area contributed by atoms with Crippen molar-refractivity contribution in [1.82, 2.24) is 9.78 Å². The molecule has 0 amide bonds. The summed E-state index contributed by atoms with van der Waals surface area (Å²) in [7, 11) is 0. The van der Waals surface area contributed by atoms with E-state index in [-0.39, 0.29) is 0 Å². The van der Waals surface area contributed by atoms with E-state index in [0.717, 1.165) is 44.3 Å². The summed E-state index contributed by atoms with van der Waals surface area (Å²) < 4.78 is 1.87. The minimum atomic E-state index is -0.769. The van der Waals surface area contributed by atoms with Gasteiger partial charge in [0.05, 0.1) is 16.9 Å². The Morgan fingerprint density at radius 2 is 2.18 bits per heavy atom. The molecule has 1 saturated carbocycles. The minimum Gasteiger partial charge on any atom is -0.384 e. The molecule has 0 atom stereocenters. The number of hydrogen-bond acceptors (Lipinski definition) is 2. The number of nitrogens with zero attached hydrogens (tertiary/aromatic N) is 2. The molecule has 1 aromatic rings. The van der Waals surface area contributed by atoms with Gasteiger partial charge < -0.3 is 5.11 Å². The third kappa shape index (κ3) is 2.50. The van der Waals surface area contributed by atoms with Crippen molar-refractivity contribution in [1.29, 1.82) is 0 Å². The van der Waals surface area contributed by atoms with E-state index in [2.05, 4.69) is 18.9 Å². The molecule has 96 valence electrons. The van der Waals surface area contributed by atoms with Crippen LogP contribution in [-0.4, -0.2) is 14.9 Å². The topological polar surface area (TPSA) is 38.0 Å². The Hall–Kier alpha value is -0.540. The number of hydrogen-bond donors (Lipinski definition) is 1. The Kier molecular flexibility index (Phi) is 3.79. The molecule has 0 unspecified atom stereocenters. The normalized spacial score (nSPS) is 29.5. The monoisotopic (exact) mass is 256 g/mol. The first-order valence-electron chi connectivity index (χ1n) is 6.51. The quantitative estimate of drug-likeness (QED) is 0.901. The zero-order chi connectivity index (χ0) is 12.5. The lowest BCUT2D eigenvalue weighted by atomic mass is 9.78. The van der Waals surface area contributed by atoms with Crippen LogP contribution in [-0.2, 0) is 12.1 Å². The Bertz CT molecular complexity index is 381. The summed E-state index contributed by atoms with van der Waals surface area (Å²) in [6, 6.07) is 0. The van der Waals surface area contributed by atoms with Crippen molar-refractivity contribution < 1.29 is 5.11 Å². The first-order chi connectivity index (χ1) is 8.07. The molecule has 0 radical (unpaired) electrons. The Morgan fingerprint density at radius 1 is 1.53 bits per heavy atom. The van der Waals surface area contributed by atoms with Crippen molar-refractivity contribution in [3.63, 3.8) is 0 Å². The van der Waals surface area contributed by atoms with E-state index in [0.29, 0.717) is 10.9 Å². The fourth-order valence-corrected chi connectivity index (χ4v) is 3.00. The second kappa shape index (κ2) is 4.99. The molecule has 0 aromatic carbocycles. The molecular weight excluding hydrogens is 236 g/mol. The van der Waals surface area contributed by atoms with Gasteiger partial charge in [0.25, 0.3) is 0 Å². The van der Waals surface area contributed by atoms with Gasteiger partial charge in [-0.05, 0) is 38.0 Å². The highest BCUT2D eigenvalue weighted by molar-refractivity contribution is 6.31. The molecule has 4 heteroatoms. The summed E-state index contributed by atoms with van der Waals surface area (Å²) in [6.07, 6.45) is 6.36. The van der Waals surface area contributed by atoms with Crippen LogP contribution in [0.25, 0.3) is 0 Å². The molecule has 2 rings (SSSR count). The molecule has 1 aliphatic carbocycles. The highest BCUT2D eigenvalue weighted by atomic mass is 35.5. The van der Waals surface area contributed by atoms with Crippen LogP contribution in [0.4, 0.5) is 0 Å². The van der Waals surface area contributed by atoms with Gasteiger partial charge in [-0.1, -0.05) is 25.4 Å². The molecule has 1 aliphatic rings. The van der Waals surface area contributed by atoms with Gasteiger partial charge in [-0.3, -0.25) is 4.68 Å². The number of rotatable bonds is 3. The van der Waals surface area contributed by atoms with Crippen molar-refractivity contribution in [3.8, 4) is 0 Å². The lowest BCUT2D eigenvalue weighted by Crippen LogP contribution is -2.33. The van der Waals surface area contributed by atoms with Crippen LogP contribution in [0.3, 0.4) is 0 Å². The smallest absolute Gasteiger partial charge is 0.108 e. The summed E-state index contributed by atoms with van der Waals surface area (Å²) in [6.45, 7) is 5.16. The molecule has 0 bridgehead atoms. The van der Waals surface area contributed by atoms with E-state index in [1.54, 1.807) is 6.20 Å². The molecule has 1 fully saturated rings. The van der Waals surface area contributed by atoms with E-state index < -0.39 is 5.60 Å². The standard InChI is InChI=1S/C13H21ClN2O/c1-3-8-16-12(11(14)9-15-16)13(17)6-4-10(2)5-7-13/h9-10,17H,3-8H2,1-2H3. The third-order valence-electron chi connectivity index (χ3n) is 3.77. The molecule has 3 nitrogen and oxygen atoms in total. The largest absolute Gasteiger partial charge is 0.384 e.